The van der Waals surface area contributed by atoms with E-state index in [0.717, 1.165) is 24.2 Å². The van der Waals surface area contributed by atoms with Crippen LogP contribution >= 0.6 is 0 Å². The maximum absolute atomic E-state index is 12.1. The number of hydrogen-bond donors (Lipinski definition) is 0. The molecule has 0 radical (unpaired) electrons. The maximum Gasteiger partial charge on any atom is 0.163 e. The molecule has 112 valence electrons. The van der Waals surface area contributed by atoms with E-state index in [-0.39, 0.29) is 11.9 Å². The van der Waals surface area contributed by atoms with E-state index < -0.39 is 0 Å². The summed E-state index contributed by atoms with van der Waals surface area (Å²) < 4.78 is 5.62. The highest BCUT2D eigenvalue weighted by molar-refractivity contribution is 5.96. The van der Waals surface area contributed by atoms with Gasteiger partial charge in [0, 0.05) is 12.0 Å². The normalized spacial score (nSPS) is 10.8. The number of carbonyl (C=O) groups is 1. The highest BCUT2D eigenvalue weighted by atomic mass is 16.5. The quantitative estimate of drug-likeness (QED) is 0.422. The molecule has 0 heterocycles. The number of benzene rings is 1. The van der Waals surface area contributed by atoms with Crippen molar-refractivity contribution in [1.82, 2.24) is 0 Å². The summed E-state index contributed by atoms with van der Waals surface area (Å²) >= 11 is 0. The van der Waals surface area contributed by atoms with Crippen molar-refractivity contribution >= 4 is 5.78 Å². The fourth-order valence-corrected chi connectivity index (χ4v) is 2.23. The van der Waals surface area contributed by atoms with Crippen molar-refractivity contribution in [3.63, 3.8) is 0 Å². The number of ether oxygens (including phenoxy) is 1. The van der Waals surface area contributed by atoms with Gasteiger partial charge in [-0.05, 0) is 32.4 Å². The molecule has 0 amide bonds. The molecular formula is C18H28O2. The van der Waals surface area contributed by atoms with Crippen LogP contribution < -0.4 is 4.74 Å². The highest BCUT2D eigenvalue weighted by Crippen LogP contribution is 2.17. The molecule has 0 bridgehead atoms. The first kappa shape index (κ1) is 16.7. The van der Waals surface area contributed by atoms with Gasteiger partial charge in [-0.2, -0.15) is 0 Å². The molecule has 0 saturated heterocycles. The van der Waals surface area contributed by atoms with Crippen LogP contribution in [-0.4, -0.2) is 11.9 Å². The van der Waals surface area contributed by atoms with Gasteiger partial charge in [0.15, 0.2) is 5.78 Å². The van der Waals surface area contributed by atoms with E-state index in [1.54, 1.807) is 0 Å². The lowest BCUT2D eigenvalue weighted by Crippen LogP contribution is -2.06. The summed E-state index contributed by atoms with van der Waals surface area (Å²) in [6.07, 6.45) is 8.06. The van der Waals surface area contributed by atoms with Gasteiger partial charge in [-0.15, -0.1) is 0 Å². The van der Waals surface area contributed by atoms with Gasteiger partial charge < -0.3 is 4.74 Å². The van der Waals surface area contributed by atoms with Gasteiger partial charge in [-0.1, -0.05) is 51.2 Å². The Morgan fingerprint density at radius 2 is 1.80 bits per heavy atom. The first-order valence-corrected chi connectivity index (χ1v) is 7.93. The van der Waals surface area contributed by atoms with E-state index in [9.17, 15) is 4.79 Å². The number of ketones is 1. The van der Waals surface area contributed by atoms with Crippen molar-refractivity contribution < 1.29 is 9.53 Å². The van der Waals surface area contributed by atoms with Crippen molar-refractivity contribution in [2.45, 2.75) is 71.8 Å². The second-order valence-electron chi connectivity index (χ2n) is 5.64. The van der Waals surface area contributed by atoms with Crippen LogP contribution in [0.25, 0.3) is 0 Å². The third kappa shape index (κ3) is 6.74. The second-order valence-corrected chi connectivity index (χ2v) is 5.64. The van der Waals surface area contributed by atoms with E-state index in [4.69, 9.17) is 4.74 Å². The lowest BCUT2D eigenvalue weighted by Gasteiger charge is -2.10. The van der Waals surface area contributed by atoms with Crippen molar-refractivity contribution in [3.8, 4) is 5.75 Å². The third-order valence-corrected chi connectivity index (χ3v) is 3.29. The van der Waals surface area contributed by atoms with Crippen LogP contribution in [0.4, 0.5) is 0 Å². The highest BCUT2D eigenvalue weighted by Gasteiger charge is 2.07. The lowest BCUT2D eigenvalue weighted by molar-refractivity contribution is 0.0978. The van der Waals surface area contributed by atoms with Crippen LogP contribution in [0.3, 0.4) is 0 Å². The molecule has 0 fully saturated rings. The van der Waals surface area contributed by atoms with E-state index in [0.29, 0.717) is 6.42 Å². The first-order chi connectivity index (χ1) is 9.63. The largest absolute Gasteiger partial charge is 0.491 e. The second kappa shape index (κ2) is 9.57. The minimum atomic E-state index is 0.138. The Kier molecular flexibility index (Phi) is 8.01. The Hall–Kier alpha value is -1.31. The molecule has 0 aliphatic rings. The van der Waals surface area contributed by atoms with Crippen molar-refractivity contribution in [2.24, 2.45) is 0 Å². The molecule has 0 spiro atoms. The van der Waals surface area contributed by atoms with Crippen LogP contribution in [-0.2, 0) is 0 Å². The maximum atomic E-state index is 12.1. The smallest absolute Gasteiger partial charge is 0.163 e. The average molecular weight is 276 g/mol. The van der Waals surface area contributed by atoms with Crippen LogP contribution in [0.2, 0.25) is 0 Å². The number of unbranched alkanes of at least 4 members (excludes halogenated alkanes) is 5. The van der Waals surface area contributed by atoms with Crippen LogP contribution in [0, 0.1) is 0 Å². The molecule has 20 heavy (non-hydrogen) atoms. The molecule has 1 aromatic rings. The molecule has 2 nitrogen and oxygen atoms in total. The minimum Gasteiger partial charge on any atom is -0.491 e. The SMILES string of the molecule is CCCCCCCCC(=O)c1cccc(OC(C)C)c1. The summed E-state index contributed by atoms with van der Waals surface area (Å²) in [7, 11) is 0. The van der Waals surface area contributed by atoms with Crippen LogP contribution in [0.1, 0.15) is 76.1 Å². The predicted octanol–water partition coefficient (Wildman–Crippen LogP) is 5.41. The standard InChI is InChI=1S/C18H28O2/c1-4-5-6-7-8-9-13-18(19)16-11-10-12-17(14-16)20-15(2)3/h10-12,14-15H,4-9,13H2,1-3H3. The number of Topliss-reactive ketones (excluding diaryl/α,β-unsaturated/α-hetero) is 1. The third-order valence-electron chi connectivity index (χ3n) is 3.29. The number of rotatable bonds is 10. The molecule has 0 saturated carbocycles. The van der Waals surface area contributed by atoms with Gasteiger partial charge in [0.05, 0.1) is 6.10 Å². The molecule has 0 aliphatic heterocycles. The summed E-state index contributed by atoms with van der Waals surface area (Å²) in [5, 5.41) is 0. The Labute approximate surface area is 123 Å². The summed E-state index contributed by atoms with van der Waals surface area (Å²) in [5.74, 6) is 1.02. The molecule has 1 aromatic carbocycles. The molecule has 0 aliphatic carbocycles. The van der Waals surface area contributed by atoms with Crippen molar-refractivity contribution in [3.05, 3.63) is 29.8 Å². The lowest BCUT2D eigenvalue weighted by atomic mass is 10.0. The van der Waals surface area contributed by atoms with Crippen molar-refractivity contribution in [1.29, 1.82) is 0 Å². The Morgan fingerprint density at radius 1 is 1.10 bits per heavy atom. The van der Waals surface area contributed by atoms with E-state index in [1.807, 2.05) is 38.1 Å². The van der Waals surface area contributed by atoms with Crippen LogP contribution in [0.15, 0.2) is 24.3 Å². The van der Waals surface area contributed by atoms with Crippen LogP contribution in [0.5, 0.6) is 5.75 Å². The molecule has 0 N–H and O–H groups in total. The molecular weight excluding hydrogens is 248 g/mol. The Bertz CT molecular complexity index is 396. The zero-order chi connectivity index (χ0) is 14.8. The topological polar surface area (TPSA) is 26.3 Å². The summed E-state index contributed by atoms with van der Waals surface area (Å²) in [5.41, 5.74) is 0.775. The molecule has 0 aromatic heterocycles. The monoisotopic (exact) mass is 276 g/mol. The minimum absolute atomic E-state index is 0.138. The zero-order valence-corrected chi connectivity index (χ0v) is 13.2. The van der Waals surface area contributed by atoms with Gasteiger partial charge in [0.1, 0.15) is 5.75 Å². The van der Waals surface area contributed by atoms with Gasteiger partial charge in [0.2, 0.25) is 0 Å². The van der Waals surface area contributed by atoms with E-state index in [1.165, 1.54) is 25.7 Å². The number of hydrogen-bond acceptors (Lipinski definition) is 2. The van der Waals surface area contributed by atoms with Gasteiger partial charge >= 0.3 is 0 Å². The summed E-state index contributed by atoms with van der Waals surface area (Å²) in [6, 6.07) is 7.54. The fourth-order valence-electron chi connectivity index (χ4n) is 2.23. The Morgan fingerprint density at radius 3 is 2.50 bits per heavy atom. The number of carbonyl (C=O) groups excluding carboxylic acids is 1. The fraction of sp³-hybridized carbons (Fsp3) is 0.611. The first-order valence-electron chi connectivity index (χ1n) is 7.93. The van der Waals surface area contributed by atoms with Gasteiger partial charge in [0.25, 0.3) is 0 Å². The van der Waals surface area contributed by atoms with E-state index in [2.05, 4.69) is 6.92 Å². The molecule has 0 atom stereocenters. The zero-order valence-electron chi connectivity index (χ0n) is 13.2. The van der Waals surface area contributed by atoms with E-state index >= 15 is 0 Å². The predicted molar refractivity (Wildman–Crippen MR) is 84.5 cm³/mol. The summed E-state index contributed by atoms with van der Waals surface area (Å²) in [6.45, 7) is 6.20. The summed E-state index contributed by atoms with van der Waals surface area (Å²) in [4.78, 5) is 12.1. The molecule has 1 rings (SSSR count). The van der Waals surface area contributed by atoms with Gasteiger partial charge in [-0.25, -0.2) is 0 Å². The average Bonchev–Trinajstić information content (AvgIpc) is 2.42. The van der Waals surface area contributed by atoms with Crippen molar-refractivity contribution in [2.75, 3.05) is 0 Å². The Balaban J connectivity index is 2.35. The molecule has 0 unspecified atom stereocenters. The molecule has 2 heteroatoms. The van der Waals surface area contributed by atoms with Gasteiger partial charge in [-0.3, -0.25) is 4.79 Å².